The van der Waals surface area contributed by atoms with Crippen LogP contribution in [-0.4, -0.2) is 16.9 Å². The van der Waals surface area contributed by atoms with E-state index in [9.17, 15) is 4.79 Å². The predicted molar refractivity (Wildman–Crippen MR) is 82.8 cm³/mol. The van der Waals surface area contributed by atoms with Gasteiger partial charge in [0, 0.05) is 16.6 Å². The Kier molecular flexibility index (Phi) is 4.57. The van der Waals surface area contributed by atoms with Gasteiger partial charge in [-0.05, 0) is 24.1 Å². The van der Waals surface area contributed by atoms with Crippen molar-refractivity contribution in [2.24, 2.45) is 11.7 Å². The normalized spacial score (nSPS) is 14.0. The summed E-state index contributed by atoms with van der Waals surface area (Å²) in [5.74, 6) is -0.0954. The van der Waals surface area contributed by atoms with Gasteiger partial charge in [-0.1, -0.05) is 37.9 Å². The fourth-order valence-electron chi connectivity index (χ4n) is 1.98. The number of halogens is 1. The summed E-state index contributed by atoms with van der Waals surface area (Å²) in [5.41, 5.74) is 7.24. The van der Waals surface area contributed by atoms with Crippen LogP contribution in [-0.2, 0) is 4.79 Å². The number of anilines is 1. The van der Waals surface area contributed by atoms with E-state index in [1.165, 1.54) is 0 Å². The highest BCUT2D eigenvalue weighted by molar-refractivity contribution is 6.32. The van der Waals surface area contributed by atoms with Crippen molar-refractivity contribution in [3.05, 3.63) is 35.5 Å². The van der Waals surface area contributed by atoms with Gasteiger partial charge in [-0.15, -0.1) is 0 Å². The minimum atomic E-state index is -0.544. The van der Waals surface area contributed by atoms with Crippen molar-refractivity contribution < 1.29 is 4.79 Å². The first kappa shape index (κ1) is 14.8. The molecule has 4 nitrogen and oxygen atoms in total. The number of nitrogens with zero attached hydrogens (tertiary/aromatic N) is 1. The second-order valence-electron chi connectivity index (χ2n) is 4.93. The number of carbonyl (C=O) groups is 1. The Morgan fingerprint density at radius 2 is 2.25 bits per heavy atom. The SMILES string of the molecule is CCC(C)C(N)C(=O)Nc1cc(Cl)cc2cccnc12. The summed E-state index contributed by atoms with van der Waals surface area (Å²) in [7, 11) is 0. The van der Waals surface area contributed by atoms with E-state index in [-0.39, 0.29) is 11.8 Å². The lowest BCUT2D eigenvalue weighted by Gasteiger charge is -2.18. The van der Waals surface area contributed by atoms with Crippen LogP contribution >= 0.6 is 11.6 Å². The van der Waals surface area contributed by atoms with Crippen LogP contribution in [0.15, 0.2) is 30.5 Å². The molecule has 0 radical (unpaired) electrons. The Morgan fingerprint density at radius 3 is 2.95 bits per heavy atom. The van der Waals surface area contributed by atoms with Gasteiger partial charge in [-0.3, -0.25) is 9.78 Å². The molecule has 1 aromatic heterocycles. The van der Waals surface area contributed by atoms with Gasteiger partial charge >= 0.3 is 0 Å². The van der Waals surface area contributed by atoms with Crippen molar-refractivity contribution in [3.63, 3.8) is 0 Å². The van der Waals surface area contributed by atoms with Crippen molar-refractivity contribution in [3.8, 4) is 0 Å². The number of nitrogens with one attached hydrogen (secondary N) is 1. The zero-order chi connectivity index (χ0) is 14.7. The first-order valence-electron chi connectivity index (χ1n) is 6.63. The molecule has 1 amide bonds. The molecule has 2 unspecified atom stereocenters. The first-order chi connectivity index (χ1) is 9.52. The van der Waals surface area contributed by atoms with Gasteiger partial charge in [0.15, 0.2) is 0 Å². The molecule has 1 aromatic carbocycles. The molecule has 0 spiro atoms. The Morgan fingerprint density at radius 1 is 1.50 bits per heavy atom. The third-order valence-electron chi connectivity index (χ3n) is 3.49. The molecule has 0 aliphatic heterocycles. The number of amides is 1. The molecule has 0 aliphatic carbocycles. The number of benzene rings is 1. The van der Waals surface area contributed by atoms with Gasteiger partial charge in [0.25, 0.3) is 0 Å². The third-order valence-corrected chi connectivity index (χ3v) is 3.71. The summed E-state index contributed by atoms with van der Waals surface area (Å²) in [6.07, 6.45) is 2.53. The zero-order valence-electron chi connectivity index (χ0n) is 11.6. The van der Waals surface area contributed by atoms with Crippen molar-refractivity contribution in [2.45, 2.75) is 26.3 Å². The minimum absolute atomic E-state index is 0.119. The summed E-state index contributed by atoms with van der Waals surface area (Å²) < 4.78 is 0. The quantitative estimate of drug-likeness (QED) is 0.909. The van der Waals surface area contributed by atoms with Crippen LogP contribution < -0.4 is 11.1 Å². The van der Waals surface area contributed by atoms with Crippen LogP contribution in [0.5, 0.6) is 0 Å². The van der Waals surface area contributed by atoms with Gasteiger partial charge in [-0.25, -0.2) is 0 Å². The number of hydrogen-bond acceptors (Lipinski definition) is 3. The van der Waals surface area contributed by atoms with Crippen LogP contribution in [0.4, 0.5) is 5.69 Å². The molecule has 2 atom stereocenters. The Hall–Kier alpha value is -1.65. The van der Waals surface area contributed by atoms with Gasteiger partial charge in [0.1, 0.15) is 0 Å². The third kappa shape index (κ3) is 3.08. The molecule has 2 aromatic rings. The van der Waals surface area contributed by atoms with Crippen LogP contribution in [0.1, 0.15) is 20.3 Å². The largest absolute Gasteiger partial charge is 0.323 e. The van der Waals surface area contributed by atoms with E-state index in [2.05, 4.69) is 10.3 Å². The molecule has 5 heteroatoms. The summed E-state index contributed by atoms with van der Waals surface area (Å²) in [5, 5.41) is 4.27. The maximum Gasteiger partial charge on any atom is 0.241 e. The maximum absolute atomic E-state index is 12.2. The number of hydrogen-bond donors (Lipinski definition) is 2. The molecular weight excluding hydrogens is 274 g/mol. The smallest absolute Gasteiger partial charge is 0.241 e. The molecule has 106 valence electrons. The maximum atomic E-state index is 12.2. The molecular formula is C15H18ClN3O. The molecule has 3 N–H and O–H groups in total. The highest BCUT2D eigenvalue weighted by Crippen LogP contribution is 2.26. The minimum Gasteiger partial charge on any atom is -0.323 e. The lowest BCUT2D eigenvalue weighted by atomic mass is 9.99. The van der Waals surface area contributed by atoms with Crippen LogP contribution in [0.2, 0.25) is 5.02 Å². The Labute approximate surface area is 123 Å². The van der Waals surface area contributed by atoms with Crippen molar-refractivity contribution in [1.29, 1.82) is 0 Å². The fraction of sp³-hybridized carbons (Fsp3) is 0.333. The van der Waals surface area contributed by atoms with E-state index in [0.717, 1.165) is 11.8 Å². The molecule has 0 saturated heterocycles. The number of pyridine rings is 1. The van der Waals surface area contributed by atoms with E-state index < -0.39 is 6.04 Å². The molecule has 0 saturated carbocycles. The number of rotatable bonds is 4. The highest BCUT2D eigenvalue weighted by atomic mass is 35.5. The summed E-state index contributed by atoms with van der Waals surface area (Å²) in [4.78, 5) is 16.4. The standard InChI is InChI=1S/C15H18ClN3O/c1-3-9(2)13(17)15(20)19-12-8-11(16)7-10-5-4-6-18-14(10)12/h4-9,13H,3,17H2,1-2H3,(H,19,20). The molecule has 1 heterocycles. The molecule has 0 aliphatic rings. The monoisotopic (exact) mass is 291 g/mol. The average Bonchev–Trinajstić information content (AvgIpc) is 2.45. The predicted octanol–water partition coefficient (Wildman–Crippen LogP) is 3.20. The number of fused-ring (bicyclic) bond motifs is 1. The van der Waals surface area contributed by atoms with Crippen LogP contribution in [0.3, 0.4) is 0 Å². The Bertz CT molecular complexity index is 630. The van der Waals surface area contributed by atoms with E-state index >= 15 is 0 Å². The van der Waals surface area contributed by atoms with Gasteiger partial charge in [-0.2, -0.15) is 0 Å². The zero-order valence-corrected chi connectivity index (χ0v) is 12.3. The van der Waals surface area contributed by atoms with Gasteiger partial charge in [0.05, 0.1) is 17.2 Å². The second kappa shape index (κ2) is 6.20. The first-order valence-corrected chi connectivity index (χ1v) is 7.01. The second-order valence-corrected chi connectivity index (χ2v) is 5.37. The van der Waals surface area contributed by atoms with Crippen LogP contribution in [0, 0.1) is 5.92 Å². The number of carbonyl (C=O) groups excluding carboxylic acids is 1. The summed E-state index contributed by atoms with van der Waals surface area (Å²) >= 11 is 6.07. The summed E-state index contributed by atoms with van der Waals surface area (Å²) in [6.45, 7) is 3.97. The van der Waals surface area contributed by atoms with E-state index in [4.69, 9.17) is 17.3 Å². The van der Waals surface area contributed by atoms with E-state index in [1.807, 2.05) is 32.0 Å². The average molecular weight is 292 g/mol. The van der Waals surface area contributed by atoms with Crippen molar-refractivity contribution >= 4 is 34.1 Å². The van der Waals surface area contributed by atoms with E-state index in [1.54, 1.807) is 12.3 Å². The van der Waals surface area contributed by atoms with Crippen LogP contribution in [0.25, 0.3) is 10.9 Å². The topological polar surface area (TPSA) is 68.0 Å². The summed E-state index contributed by atoms with van der Waals surface area (Å²) in [6, 6.07) is 6.69. The molecule has 0 fully saturated rings. The fourth-order valence-corrected chi connectivity index (χ4v) is 2.21. The van der Waals surface area contributed by atoms with E-state index in [0.29, 0.717) is 16.2 Å². The molecule has 2 rings (SSSR count). The van der Waals surface area contributed by atoms with Crippen molar-refractivity contribution in [2.75, 3.05) is 5.32 Å². The van der Waals surface area contributed by atoms with Crippen molar-refractivity contribution in [1.82, 2.24) is 4.98 Å². The number of aromatic nitrogens is 1. The Balaban J connectivity index is 2.32. The molecule has 20 heavy (non-hydrogen) atoms. The lowest BCUT2D eigenvalue weighted by Crippen LogP contribution is -2.40. The van der Waals surface area contributed by atoms with Gasteiger partial charge < -0.3 is 11.1 Å². The van der Waals surface area contributed by atoms with Gasteiger partial charge in [0.2, 0.25) is 5.91 Å². The molecule has 0 bridgehead atoms. The number of nitrogens with two attached hydrogens (primary N) is 1. The highest BCUT2D eigenvalue weighted by Gasteiger charge is 2.20. The lowest BCUT2D eigenvalue weighted by molar-refractivity contribution is -0.118.